The number of aliphatic hydroxyl groups excluding tert-OH is 4. The zero-order valence-corrected chi connectivity index (χ0v) is 12.7. The molecule has 3 rings (SSSR count). The van der Waals surface area contributed by atoms with Crippen LogP contribution in [0.15, 0.2) is 39.5 Å². The summed E-state index contributed by atoms with van der Waals surface area (Å²) in [5.41, 5.74) is 0.132. The fourth-order valence-corrected chi connectivity index (χ4v) is 2.84. The molecule has 0 fully saturated rings. The summed E-state index contributed by atoms with van der Waals surface area (Å²) < 4.78 is 5.50. The first-order valence-corrected chi connectivity index (χ1v) is 7.55. The molecule has 0 radical (unpaired) electrons. The van der Waals surface area contributed by atoms with Crippen LogP contribution in [-0.2, 0) is 12.8 Å². The Bertz CT molecular complexity index is 781. The fraction of sp³-hybridized carbons (Fsp3) is 0.353. The molecule has 5 N–H and O–H groups in total. The third-order valence-corrected chi connectivity index (χ3v) is 4.22. The van der Waals surface area contributed by atoms with Gasteiger partial charge in [0, 0.05) is 12.5 Å². The lowest BCUT2D eigenvalue weighted by atomic mass is 9.87. The molecule has 0 saturated carbocycles. The minimum absolute atomic E-state index is 0.156. The number of phenols is 1. The number of hydrogen-bond donors (Lipinski definition) is 5. The molecule has 1 heterocycles. The highest BCUT2D eigenvalue weighted by Gasteiger charge is 2.43. The Morgan fingerprint density at radius 1 is 0.917 bits per heavy atom. The minimum atomic E-state index is -1.65. The van der Waals surface area contributed by atoms with Gasteiger partial charge in [0.25, 0.3) is 0 Å². The summed E-state index contributed by atoms with van der Waals surface area (Å²) in [4.78, 5) is 12.2. The molecule has 1 aliphatic rings. The van der Waals surface area contributed by atoms with Gasteiger partial charge in [-0.15, -0.1) is 0 Å². The molecule has 0 saturated heterocycles. The van der Waals surface area contributed by atoms with E-state index < -0.39 is 29.8 Å². The Kier molecular flexibility index (Phi) is 4.42. The first-order valence-electron chi connectivity index (χ1n) is 7.55. The van der Waals surface area contributed by atoms with Crippen molar-refractivity contribution in [3.63, 3.8) is 0 Å². The van der Waals surface area contributed by atoms with Gasteiger partial charge in [-0.25, -0.2) is 0 Å². The van der Waals surface area contributed by atoms with Crippen LogP contribution < -0.4 is 5.43 Å². The number of benzene rings is 1. The Labute approximate surface area is 137 Å². The van der Waals surface area contributed by atoms with Crippen molar-refractivity contribution in [2.45, 2.75) is 37.3 Å². The monoisotopic (exact) mass is 334 g/mol. The van der Waals surface area contributed by atoms with Crippen LogP contribution in [0.25, 0.3) is 0 Å². The molecular formula is C17H18O7. The van der Waals surface area contributed by atoms with Crippen molar-refractivity contribution in [2.24, 2.45) is 0 Å². The maximum atomic E-state index is 12.2. The molecule has 1 aromatic carbocycles. The second kappa shape index (κ2) is 6.37. The van der Waals surface area contributed by atoms with Crippen LogP contribution in [0.4, 0.5) is 0 Å². The average molecular weight is 334 g/mol. The Morgan fingerprint density at radius 3 is 2.21 bits per heavy atom. The highest BCUT2D eigenvalue weighted by atomic mass is 16.4. The highest BCUT2D eigenvalue weighted by molar-refractivity contribution is 5.30. The molecule has 0 aliphatic heterocycles. The van der Waals surface area contributed by atoms with Gasteiger partial charge in [-0.1, -0.05) is 12.1 Å². The summed E-state index contributed by atoms with van der Waals surface area (Å²) in [6.45, 7) is 0. The molecule has 128 valence electrons. The second-order valence-electron chi connectivity index (χ2n) is 5.89. The van der Waals surface area contributed by atoms with E-state index in [0.29, 0.717) is 18.6 Å². The number of fused-ring (bicyclic) bond motifs is 1. The molecular weight excluding hydrogens is 316 g/mol. The van der Waals surface area contributed by atoms with E-state index in [1.165, 1.54) is 6.07 Å². The lowest BCUT2D eigenvalue weighted by molar-refractivity contribution is -0.128. The molecule has 0 spiro atoms. The summed E-state index contributed by atoms with van der Waals surface area (Å²) in [6.07, 6.45) is -5.59. The maximum absolute atomic E-state index is 12.2. The van der Waals surface area contributed by atoms with Crippen LogP contribution in [0.2, 0.25) is 0 Å². The molecule has 7 nitrogen and oxygen atoms in total. The normalized spacial score (nSPS) is 26.2. The Morgan fingerprint density at radius 2 is 1.54 bits per heavy atom. The summed E-state index contributed by atoms with van der Waals surface area (Å²) in [5.74, 6) is 0.235. The predicted octanol–water partition coefficient (Wildman–Crippen LogP) is -0.0672. The average Bonchev–Trinajstić information content (AvgIpc) is 2.57. The van der Waals surface area contributed by atoms with Crippen molar-refractivity contribution in [1.29, 1.82) is 0 Å². The number of aryl methyl sites for hydroxylation is 2. The zero-order valence-electron chi connectivity index (χ0n) is 12.7. The van der Waals surface area contributed by atoms with E-state index >= 15 is 0 Å². The van der Waals surface area contributed by atoms with E-state index in [-0.39, 0.29) is 17.1 Å². The summed E-state index contributed by atoms with van der Waals surface area (Å²) in [5, 5.41) is 48.6. The van der Waals surface area contributed by atoms with Crippen molar-refractivity contribution in [2.75, 3.05) is 0 Å². The zero-order chi connectivity index (χ0) is 17.4. The number of aromatic hydroxyl groups is 1. The summed E-state index contributed by atoms with van der Waals surface area (Å²) in [6, 6.07) is 7.79. The lowest BCUT2D eigenvalue weighted by Crippen LogP contribution is -2.44. The molecule has 2 aromatic rings. The van der Waals surface area contributed by atoms with Crippen molar-refractivity contribution < 1.29 is 29.9 Å². The van der Waals surface area contributed by atoms with Crippen molar-refractivity contribution >= 4 is 0 Å². The third-order valence-electron chi connectivity index (χ3n) is 4.22. The van der Waals surface area contributed by atoms with E-state index in [0.717, 1.165) is 5.56 Å². The SMILES string of the molecule is O=c1cc(CCc2ccc(O)cc2)oc2c1C(O)C(O)C(O)C2O. The summed E-state index contributed by atoms with van der Waals surface area (Å²) in [7, 11) is 0. The molecule has 1 aromatic heterocycles. The molecule has 0 bridgehead atoms. The van der Waals surface area contributed by atoms with Crippen molar-refractivity contribution in [3.05, 3.63) is 63.2 Å². The Hall–Kier alpha value is -2.19. The number of rotatable bonds is 3. The van der Waals surface area contributed by atoms with Gasteiger partial charge < -0.3 is 29.9 Å². The van der Waals surface area contributed by atoms with Crippen LogP contribution in [-0.4, -0.2) is 37.7 Å². The smallest absolute Gasteiger partial charge is 0.191 e. The third kappa shape index (κ3) is 2.94. The fourth-order valence-electron chi connectivity index (χ4n) is 2.84. The molecule has 24 heavy (non-hydrogen) atoms. The number of aliphatic hydroxyl groups is 4. The number of hydrogen-bond acceptors (Lipinski definition) is 7. The van der Waals surface area contributed by atoms with E-state index in [4.69, 9.17) is 4.42 Å². The van der Waals surface area contributed by atoms with Crippen LogP contribution >= 0.6 is 0 Å². The second-order valence-corrected chi connectivity index (χ2v) is 5.89. The first kappa shape index (κ1) is 16.7. The van der Waals surface area contributed by atoms with Crippen LogP contribution in [0.5, 0.6) is 5.75 Å². The van der Waals surface area contributed by atoms with Gasteiger partial charge in [-0.05, 0) is 24.1 Å². The van der Waals surface area contributed by atoms with E-state index in [1.807, 2.05) is 0 Å². The minimum Gasteiger partial charge on any atom is -0.508 e. The maximum Gasteiger partial charge on any atom is 0.191 e. The van der Waals surface area contributed by atoms with Gasteiger partial charge in [-0.2, -0.15) is 0 Å². The summed E-state index contributed by atoms with van der Waals surface area (Å²) >= 11 is 0. The van der Waals surface area contributed by atoms with Crippen molar-refractivity contribution in [1.82, 2.24) is 0 Å². The van der Waals surface area contributed by atoms with E-state index in [1.54, 1.807) is 24.3 Å². The molecule has 4 unspecified atom stereocenters. The number of phenolic OH excluding ortho intramolecular Hbond substituents is 1. The van der Waals surface area contributed by atoms with Crippen LogP contribution in [0, 0.1) is 0 Å². The predicted molar refractivity (Wildman–Crippen MR) is 82.4 cm³/mol. The standard InChI is InChI=1S/C17H18O7/c18-9-4-1-8(2-5-9)3-6-10-7-11(19)12-13(20)14(21)15(22)16(23)17(12)24-10/h1-2,4-5,7,13-16,18,20-23H,3,6H2. The molecule has 4 atom stereocenters. The van der Waals surface area contributed by atoms with E-state index in [9.17, 15) is 30.3 Å². The van der Waals surface area contributed by atoms with Gasteiger partial charge >= 0.3 is 0 Å². The lowest BCUT2D eigenvalue weighted by Gasteiger charge is -2.32. The Balaban J connectivity index is 1.88. The highest BCUT2D eigenvalue weighted by Crippen LogP contribution is 2.35. The van der Waals surface area contributed by atoms with Gasteiger partial charge in [0.2, 0.25) is 0 Å². The molecule has 7 heteroatoms. The van der Waals surface area contributed by atoms with Gasteiger partial charge in [0.05, 0.1) is 5.56 Å². The molecule has 1 aliphatic carbocycles. The van der Waals surface area contributed by atoms with Gasteiger partial charge in [0.15, 0.2) is 5.43 Å². The molecule has 0 amide bonds. The topological polar surface area (TPSA) is 131 Å². The van der Waals surface area contributed by atoms with Gasteiger partial charge in [0.1, 0.15) is 41.7 Å². The first-order chi connectivity index (χ1) is 11.4. The van der Waals surface area contributed by atoms with Gasteiger partial charge in [-0.3, -0.25) is 4.79 Å². The van der Waals surface area contributed by atoms with Crippen molar-refractivity contribution in [3.8, 4) is 5.75 Å². The van der Waals surface area contributed by atoms with Crippen LogP contribution in [0.3, 0.4) is 0 Å². The van der Waals surface area contributed by atoms with E-state index in [2.05, 4.69) is 0 Å². The van der Waals surface area contributed by atoms with Crippen LogP contribution in [0.1, 0.15) is 34.9 Å². The quantitative estimate of drug-likeness (QED) is 0.531. The largest absolute Gasteiger partial charge is 0.508 e.